The van der Waals surface area contributed by atoms with Crippen LogP contribution in [0, 0.1) is 10.1 Å². The third-order valence-electron chi connectivity index (χ3n) is 7.94. The summed E-state index contributed by atoms with van der Waals surface area (Å²) < 4.78 is 137. The molecule has 0 bridgehead atoms. The second kappa shape index (κ2) is 16.5. The molecule has 1 aromatic heterocycles. The maximum absolute atomic E-state index is 12.6. The average molecular weight is 952 g/mol. The number of phenolic OH excluding ortho intramolecular Hbond substituents is 1. The Balaban J connectivity index is 1.45. The molecule has 9 N–H and O–H groups in total. The minimum absolute atomic E-state index is 0.0806. The normalized spacial score (nSPS) is 12.6. The first-order valence-corrected chi connectivity index (χ1v) is 22.2. The van der Waals surface area contributed by atoms with Gasteiger partial charge >= 0.3 is 0 Å². The summed E-state index contributed by atoms with van der Waals surface area (Å²) in [5.41, 5.74) is 2.26. The number of fused-ring (bicyclic) bond motifs is 1. The summed E-state index contributed by atoms with van der Waals surface area (Å²) >= 11 is 6.04. The van der Waals surface area contributed by atoms with Crippen LogP contribution in [-0.4, -0.2) is 76.9 Å². The van der Waals surface area contributed by atoms with Gasteiger partial charge in [-0.3, -0.25) is 28.3 Å². The zero-order valence-corrected chi connectivity index (χ0v) is 34.0. The Hall–Kier alpha value is -6.90. The number of nitrogen functional groups attached to an aromatic ring is 1. The summed E-state index contributed by atoms with van der Waals surface area (Å²) in [5, 5.41) is 40.9. The number of nitrogens with zero attached hydrogens (tertiary/aromatic N) is 8. The van der Waals surface area contributed by atoms with Crippen molar-refractivity contribution in [1.29, 1.82) is 0 Å². The number of nitrogens with two attached hydrogens (primary N) is 1. The first kappa shape index (κ1) is 44.6. The molecule has 322 valence electrons. The Labute approximate surface area is 352 Å². The molecule has 0 aliphatic heterocycles. The Kier molecular flexibility index (Phi) is 11.9. The molecular weight excluding hydrogens is 930 g/mol. The van der Waals surface area contributed by atoms with Crippen LogP contribution in [0.25, 0.3) is 10.8 Å². The molecule has 0 aliphatic rings. The molecule has 0 atom stereocenters. The van der Waals surface area contributed by atoms with E-state index < -0.39 is 110 Å². The van der Waals surface area contributed by atoms with Gasteiger partial charge < -0.3 is 21.5 Å². The largest absolute Gasteiger partial charge is 0.505 e. The Morgan fingerprint density at radius 1 is 0.645 bits per heavy atom. The van der Waals surface area contributed by atoms with E-state index in [-0.39, 0.29) is 34.6 Å². The van der Waals surface area contributed by atoms with E-state index in [1.807, 2.05) is 0 Å². The highest BCUT2D eigenvalue weighted by Crippen LogP contribution is 2.48. The second-order valence-electron chi connectivity index (χ2n) is 12.1. The molecule has 0 fully saturated rings. The smallest absolute Gasteiger partial charge is 0.296 e. The third-order valence-corrected chi connectivity index (χ3v) is 11.6. The summed E-state index contributed by atoms with van der Waals surface area (Å²) in [6, 6.07) is 13.1. The van der Waals surface area contributed by atoms with Gasteiger partial charge in [-0.2, -0.15) is 53.7 Å². The highest BCUT2D eigenvalue weighted by atomic mass is 35.5. The fourth-order valence-corrected chi connectivity index (χ4v) is 7.92. The monoisotopic (exact) mass is 951 g/mol. The molecule has 1 heterocycles. The number of nitrogens with one attached hydrogen (secondary N) is 2. The number of nitro groups is 1. The van der Waals surface area contributed by atoms with Gasteiger partial charge in [0.1, 0.15) is 31.7 Å². The topological polar surface area (TPSA) is 419 Å². The quantitative estimate of drug-likeness (QED) is 0.0210. The SMILES string of the molecule is Nc1c(N=Nc2ccc([N+](=O)[O-])cc2)c(S(=O)(=O)O)cc2cc(S(=O)(=O)O)c(N=Nc3cc(Nc4nc(Cl)nc(Nc5cccc(S(=O)(=O)O)c5)n4)ccc3S(=O)(=O)O)c(O)c12. The molecule has 6 rings (SSSR count). The van der Waals surface area contributed by atoms with Crippen LogP contribution in [0.1, 0.15) is 0 Å². The van der Waals surface area contributed by atoms with E-state index in [0.29, 0.717) is 12.1 Å². The van der Waals surface area contributed by atoms with Gasteiger partial charge in [0.05, 0.1) is 26.6 Å². The van der Waals surface area contributed by atoms with Gasteiger partial charge in [0.25, 0.3) is 46.2 Å². The average Bonchev–Trinajstić information content (AvgIpc) is 3.15. The van der Waals surface area contributed by atoms with Crippen molar-refractivity contribution in [3.63, 3.8) is 0 Å². The van der Waals surface area contributed by atoms with Crippen LogP contribution >= 0.6 is 11.6 Å². The van der Waals surface area contributed by atoms with Crippen LogP contribution in [-0.2, 0) is 40.5 Å². The number of hydrogen-bond donors (Lipinski definition) is 8. The number of phenols is 1. The van der Waals surface area contributed by atoms with Crippen LogP contribution in [0.5, 0.6) is 5.75 Å². The molecule has 0 aliphatic carbocycles. The molecule has 62 heavy (non-hydrogen) atoms. The van der Waals surface area contributed by atoms with Crippen molar-refractivity contribution in [2.24, 2.45) is 20.5 Å². The maximum atomic E-state index is 12.6. The van der Waals surface area contributed by atoms with Crippen molar-refractivity contribution in [3.8, 4) is 5.75 Å². The molecule has 5 aromatic carbocycles. The zero-order valence-electron chi connectivity index (χ0n) is 30.0. The molecule has 0 amide bonds. The van der Waals surface area contributed by atoms with Crippen molar-refractivity contribution in [2.75, 3.05) is 16.4 Å². The first-order chi connectivity index (χ1) is 28.8. The van der Waals surface area contributed by atoms with E-state index in [4.69, 9.17) is 17.3 Å². The summed E-state index contributed by atoms with van der Waals surface area (Å²) in [7, 11) is -20.4. The van der Waals surface area contributed by atoms with Crippen molar-refractivity contribution < 1.29 is 61.9 Å². The van der Waals surface area contributed by atoms with Gasteiger partial charge in [0, 0.05) is 23.5 Å². The summed E-state index contributed by atoms with van der Waals surface area (Å²) in [6.07, 6.45) is 0. The number of aromatic hydroxyl groups is 1. The van der Waals surface area contributed by atoms with E-state index in [1.165, 1.54) is 12.1 Å². The molecule has 0 unspecified atom stereocenters. The molecule has 0 radical (unpaired) electrons. The number of non-ortho nitro benzene ring substituents is 1. The van der Waals surface area contributed by atoms with Crippen LogP contribution in [0.4, 0.5) is 57.4 Å². The first-order valence-electron chi connectivity index (χ1n) is 16.1. The van der Waals surface area contributed by atoms with Gasteiger partial charge in [0.15, 0.2) is 5.75 Å². The van der Waals surface area contributed by atoms with Crippen molar-refractivity contribution in [2.45, 2.75) is 19.6 Å². The standard InChI is InChI=1S/C31H22ClN11O15S4/c32-29-36-30(34-16-2-1-3-19(12-16)59(47,48)49)38-31(37-29)35-17-6-9-21(60(50,51)52)20(13-17)40-42-27-23(62(56,57)58)11-14-10-22(61(53,54)55)26(25(33)24(14)28(27)44)41-39-15-4-7-18(8-5-15)43(45)46/h1-13,44H,33H2,(H,47,48,49)(H,50,51,52)(H,53,54,55)(H,56,57,58)(H2,34,35,36,37,38). The van der Waals surface area contributed by atoms with Crippen molar-refractivity contribution >= 4 is 120 Å². The van der Waals surface area contributed by atoms with E-state index in [1.54, 1.807) is 0 Å². The second-order valence-corrected chi connectivity index (χ2v) is 18.0. The molecule has 0 spiro atoms. The van der Waals surface area contributed by atoms with Crippen molar-refractivity contribution in [3.05, 3.63) is 94.3 Å². The Morgan fingerprint density at radius 3 is 1.74 bits per heavy atom. The van der Waals surface area contributed by atoms with Crippen LogP contribution in [0.3, 0.4) is 0 Å². The van der Waals surface area contributed by atoms with Gasteiger partial charge in [-0.05, 0) is 77.7 Å². The summed E-state index contributed by atoms with van der Waals surface area (Å²) in [4.78, 5) is 18.4. The minimum Gasteiger partial charge on any atom is -0.505 e. The highest BCUT2D eigenvalue weighted by Gasteiger charge is 2.28. The van der Waals surface area contributed by atoms with Gasteiger partial charge in [-0.1, -0.05) is 6.07 Å². The summed E-state index contributed by atoms with van der Waals surface area (Å²) in [6.45, 7) is 0. The number of benzene rings is 5. The molecule has 0 saturated carbocycles. The predicted octanol–water partition coefficient (Wildman–Crippen LogP) is 6.18. The lowest BCUT2D eigenvalue weighted by molar-refractivity contribution is -0.384. The molecule has 6 aromatic rings. The van der Waals surface area contributed by atoms with Gasteiger partial charge in [0.2, 0.25) is 17.2 Å². The molecule has 26 nitrogen and oxygen atoms in total. The Morgan fingerprint density at radius 2 is 1.19 bits per heavy atom. The van der Waals surface area contributed by atoms with E-state index in [9.17, 15) is 67.1 Å². The highest BCUT2D eigenvalue weighted by molar-refractivity contribution is 7.86. The number of halogens is 1. The van der Waals surface area contributed by atoms with E-state index in [0.717, 1.165) is 54.6 Å². The maximum Gasteiger partial charge on any atom is 0.296 e. The zero-order chi connectivity index (χ0) is 45.5. The van der Waals surface area contributed by atoms with Gasteiger partial charge in [-0.25, -0.2) is 0 Å². The fraction of sp³-hybridized carbons (Fsp3) is 0. The number of nitro benzene ring substituents is 1. The lowest BCUT2D eigenvalue weighted by atomic mass is 10.1. The predicted molar refractivity (Wildman–Crippen MR) is 215 cm³/mol. The van der Waals surface area contributed by atoms with Crippen molar-refractivity contribution in [1.82, 2.24) is 15.0 Å². The minimum atomic E-state index is -5.43. The van der Waals surface area contributed by atoms with Crippen LogP contribution in [0.2, 0.25) is 5.28 Å². The van der Waals surface area contributed by atoms with Crippen LogP contribution in [0.15, 0.2) is 119 Å². The number of azo groups is 2. The lowest BCUT2D eigenvalue weighted by Crippen LogP contribution is -2.05. The van der Waals surface area contributed by atoms with Gasteiger partial charge in [-0.15, -0.1) is 15.3 Å². The number of anilines is 5. The lowest BCUT2D eigenvalue weighted by Gasteiger charge is -2.14. The van der Waals surface area contributed by atoms with E-state index >= 15 is 0 Å². The summed E-state index contributed by atoms with van der Waals surface area (Å²) in [5.74, 6) is -1.82. The fourth-order valence-electron chi connectivity index (χ4n) is 5.30. The number of aromatic nitrogens is 3. The Bertz CT molecular complexity index is 3380. The number of rotatable bonds is 13. The third kappa shape index (κ3) is 9.99. The number of hydrogen-bond acceptors (Lipinski definition) is 21. The molecule has 0 saturated heterocycles. The molecule has 31 heteroatoms. The van der Waals surface area contributed by atoms with Crippen LogP contribution < -0.4 is 16.4 Å². The van der Waals surface area contributed by atoms with E-state index in [2.05, 4.69) is 46.0 Å². The molecular formula is C31H22ClN11O15S4.